The van der Waals surface area contributed by atoms with E-state index in [0.717, 1.165) is 23.5 Å². The van der Waals surface area contributed by atoms with E-state index in [0.29, 0.717) is 0 Å². The first kappa shape index (κ1) is 13.2. The summed E-state index contributed by atoms with van der Waals surface area (Å²) in [4.78, 5) is 4.69. The van der Waals surface area contributed by atoms with Gasteiger partial charge in [0, 0.05) is 16.5 Å². The van der Waals surface area contributed by atoms with Gasteiger partial charge in [-0.2, -0.15) is 0 Å². The molecule has 1 heterocycles. The number of rotatable bonds is 4. The molecule has 0 radical (unpaired) electrons. The highest BCUT2D eigenvalue weighted by Crippen LogP contribution is 2.25. The van der Waals surface area contributed by atoms with Crippen LogP contribution in [0.2, 0.25) is 0 Å². The molecule has 0 bridgehead atoms. The summed E-state index contributed by atoms with van der Waals surface area (Å²) in [5.74, 6) is 0. The van der Waals surface area contributed by atoms with Crippen molar-refractivity contribution in [1.82, 2.24) is 4.98 Å². The molecule has 0 fully saturated rings. The van der Waals surface area contributed by atoms with Crippen LogP contribution in [-0.2, 0) is 6.42 Å². The molecule has 2 nitrogen and oxygen atoms in total. The molecule has 1 aromatic carbocycles. The van der Waals surface area contributed by atoms with E-state index >= 15 is 0 Å². The molecule has 2 rings (SSSR count). The lowest BCUT2D eigenvalue weighted by atomic mass is 9.99. The van der Waals surface area contributed by atoms with Crippen LogP contribution >= 0.6 is 11.3 Å². The minimum absolute atomic E-state index is 0.118. The Kier molecular flexibility index (Phi) is 3.83. The fourth-order valence-electron chi connectivity index (χ4n) is 1.78. The number of hydrogen-bond donors (Lipinski definition) is 1. The molecule has 0 aliphatic heterocycles. The molecule has 1 aromatic heterocycles. The molecule has 18 heavy (non-hydrogen) atoms. The lowest BCUT2D eigenvalue weighted by Crippen LogP contribution is -2.32. The minimum atomic E-state index is -0.118. The van der Waals surface area contributed by atoms with Gasteiger partial charge in [0.15, 0.2) is 0 Å². The Morgan fingerprint density at radius 1 is 1.33 bits per heavy atom. The van der Waals surface area contributed by atoms with E-state index in [9.17, 15) is 0 Å². The van der Waals surface area contributed by atoms with E-state index in [4.69, 9.17) is 5.73 Å². The van der Waals surface area contributed by atoms with Crippen molar-refractivity contribution in [3.05, 3.63) is 40.9 Å². The van der Waals surface area contributed by atoms with Gasteiger partial charge in [0.25, 0.3) is 0 Å². The van der Waals surface area contributed by atoms with E-state index in [-0.39, 0.29) is 5.54 Å². The number of thiazole rings is 1. The van der Waals surface area contributed by atoms with Crippen molar-refractivity contribution in [3.8, 4) is 10.6 Å². The van der Waals surface area contributed by atoms with Gasteiger partial charge in [0.05, 0.1) is 5.69 Å². The highest BCUT2D eigenvalue weighted by atomic mass is 32.1. The molecule has 0 unspecified atom stereocenters. The Morgan fingerprint density at radius 3 is 2.78 bits per heavy atom. The highest BCUT2D eigenvalue weighted by Gasteiger charge is 2.12. The second-order valence-electron chi connectivity index (χ2n) is 5.50. The third-order valence-electron chi connectivity index (χ3n) is 2.84. The number of hydrogen-bond acceptors (Lipinski definition) is 3. The van der Waals surface area contributed by atoms with Crippen LogP contribution in [0.5, 0.6) is 0 Å². The molecule has 2 N–H and O–H groups in total. The van der Waals surface area contributed by atoms with Crippen molar-refractivity contribution in [2.24, 2.45) is 5.73 Å². The summed E-state index contributed by atoms with van der Waals surface area (Å²) in [5, 5.41) is 3.24. The molecule has 0 spiro atoms. The molecule has 2 aromatic rings. The zero-order valence-electron chi connectivity index (χ0n) is 11.2. The van der Waals surface area contributed by atoms with Gasteiger partial charge in [-0.25, -0.2) is 4.98 Å². The van der Waals surface area contributed by atoms with Crippen LogP contribution in [0, 0.1) is 6.92 Å². The summed E-state index contributed by atoms with van der Waals surface area (Å²) in [6.45, 7) is 6.22. The second kappa shape index (κ2) is 5.21. The monoisotopic (exact) mass is 260 g/mol. The number of nitrogens with two attached hydrogens (primary N) is 1. The van der Waals surface area contributed by atoms with E-state index in [1.54, 1.807) is 11.3 Å². The van der Waals surface area contributed by atoms with Crippen molar-refractivity contribution in [3.63, 3.8) is 0 Å². The van der Waals surface area contributed by atoms with Crippen LogP contribution < -0.4 is 5.73 Å². The Bertz CT molecular complexity index is 523. The van der Waals surface area contributed by atoms with E-state index in [2.05, 4.69) is 55.4 Å². The summed E-state index contributed by atoms with van der Waals surface area (Å²) in [7, 11) is 0. The highest BCUT2D eigenvalue weighted by molar-refractivity contribution is 7.13. The van der Waals surface area contributed by atoms with Gasteiger partial charge < -0.3 is 5.73 Å². The molecular formula is C15H20N2S. The van der Waals surface area contributed by atoms with Crippen LogP contribution in [0.3, 0.4) is 0 Å². The van der Waals surface area contributed by atoms with E-state index in [1.807, 2.05) is 0 Å². The third-order valence-corrected chi connectivity index (χ3v) is 3.78. The smallest absolute Gasteiger partial charge is 0.123 e. The van der Waals surface area contributed by atoms with Crippen LogP contribution in [0.1, 0.15) is 31.5 Å². The zero-order chi connectivity index (χ0) is 13.2. The summed E-state index contributed by atoms with van der Waals surface area (Å²) in [5.41, 5.74) is 9.50. The zero-order valence-corrected chi connectivity index (χ0v) is 12.1. The average Bonchev–Trinajstić information content (AvgIpc) is 2.74. The standard InChI is InChI=1S/C15H20N2S/c1-11-5-4-6-12(9-11)14-17-13(10-18-14)7-8-15(2,3)16/h4-6,9-10H,7-8,16H2,1-3H3. The Labute approximate surface area is 113 Å². The maximum absolute atomic E-state index is 6.00. The van der Waals surface area contributed by atoms with Crippen molar-refractivity contribution < 1.29 is 0 Å². The first-order valence-corrected chi connectivity index (χ1v) is 7.12. The fraction of sp³-hybridized carbons (Fsp3) is 0.400. The number of aromatic nitrogens is 1. The maximum Gasteiger partial charge on any atom is 0.123 e. The van der Waals surface area contributed by atoms with E-state index in [1.165, 1.54) is 11.1 Å². The largest absolute Gasteiger partial charge is 0.326 e. The van der Waals surface area contributed by atoms with Crippen molar-refractivity contribution in [1.29, 1.82) is 0 Å². The number of nitrogens with zero attached hydrogens (tertiary/aromatic N) is 1. The first-order chi connectivity index (χ1) is 8.44. The second-order valence-corrected chi connectivity index (χ2v) is 6.36. The molecule has 0 aliphatic carbocycles. The van der Waals surface area contributed by atoms with Gasteiger partial charge >= 0.3 is 0 Å². The predicted molar refractivity (Wildman–Crippen MR) is 78.9 cm³/mol. The maximum atomic E-state index is 6.00. The first-order valence-electron chi connectivity index (χ1n) is 6.24. The van der Waals surface area contributed by atoms with Crippen molar-refractivity contribution in [2.75, 3.05) is 0 Å². The summed E-state index contributed by atoms with van der Waals surface area (Å²) in [6.07, 6.45) is 1.91. The van der Waals surface area contributed by atoms with Crippen LogP contribution in [0.15, 0.2) is 29.6 Å². The van der Waals surface area contributed by atoms with Gasteiger partial charge in [0.2, 0.25) is 0 Å². The number of benzene rings is 1. The van der Waals surface area contributed by atoms with Crippen LogP contribution in [0.4, 0.5) is 0 Å². The molecule has 0 saturated carbocycles. The summed E-state index contributed by atoms with van der Waals surface area (Å²) >= 11 is 1.71. The van der Waals surface area contributed by atoms with E-state index < -0.39 is 0 Å². The molecule has 96 valence electrons. The van der Waals surface area contributed by atoms with Crippen molar-refractivity contribution in [2.45, 2.75) is 39.2 Å². The lowest BCUT2D eigenvalue weighted by molar-refractivity contribution is 0.475. The van der Waals surface area contributed by atoms with Gasteiger partial charge in [-0.15, -0.1) is 11.3 Å². The Morgan fingerprint density at radius 2 is 2.11 bits per heavy atom. The molecule has 0 aliphatic rings. The average molecular weight is 260 g/mol. The summed E-state index contributed by atoms with van der Waals surface area (Å²) in [6, 6.07) is 8.47. The topological polar surface area (TPSA) is 38.9 Å². The van der Waals surface area contributed by atoms with Gasteiger partial charge in [-0.05, 0) is 39.7 Å². The number of aryl methyl sites for hydroxylation is 2. The molecule has 3 heteroatoms. The molecule has 0 saturated heterocycles. The Balaban J connectivity index is 2.11. The predicted octanol–water partition coefficient (Wildman–Crippen LogP) is 3.79. The van der Waals surface area contributed by atoms with Gasteiger partial charge in [-0.3, -0.25) is 0 Å². The minimum Gasteiger partial charge on any atom is -0.326 e. The lowest BCUT2D eigenvalue weighted by Gasteiger charge is -2.16. The van der Waals surface area contributed by atoms with Crippen molar-refractivity contribution >= 4 is 11.3 Å². The quantitative estimate of drug-likeness (QED) is 0.908. The Hall–Kier alpha value is -1.19. The normalized spacial score (nSPS) is 11.8. The third kappa shape index (κ3) is 3.65. The fourth-order valence-corrected chi connectivity index (χ4v) is 2.63. The SMILES string of the molecule is Cc1cccc(-c2nc(CCC(C)(C)N)cs2)c1. The van der Waals surface area contributed by atoms with Gasteiger partial charge in [-0.1, -0.05) is 23.8 Å². The van der Waals surface area contributed by atoms with Crippen LogP contribution in [-0.4, -0.2) is 10.5 Å². The van der Waals surface area contributed by atoms with Crippen LogP contribution in [0.25, 0.3) is 10.6 Å². The molecule has 0 amide bonds. The summed E-state index contributed by atoms with van der Waals surface area (Å²) < 4.78 is 0. The molecule has 0 atom stereocenters. The van der Waals surface area contributed by atoms with Gasteiger partial charge in [0.1, 0.15) is 5.01 Å². The molecular weight excluding hydrogens is 240 g/mol.